The summed E-state index contributed by atoms with van der Waals surface area (Å²) in [5.41, 5.74) is 2.70. The maximum Gasteiger partial charge on any atom is 0.0593 e. The number of rotatable bonds is 4. The van der Waals surface area contributed by atoms with Crippen LogP contribution >= 0.6 is 0 Å². The molecule has 1 atom stereocenters. The van der Waals surface area contributed by atoms with Crippen LogP contribution in [0, 0.1) is 6.92 Å². The second kappa shape index (κ2) is 6.88. The minimum absolute atomic E-state index is 0.406. The molecule has 1 fully saturated rings. The Balaban J connectivity index is 1.99. The van der Waals surface area contributed by atoms with Crippen LogP contribution in [0.4, 0.5) is 0 Å². The first-order valence-electron chi connectivity index (χ1n) is 6.83. The lowest BCUT2D eigenvalue weighted by Gasteiger charge is -2.26. The number of aryl methyl sites for hydroxylation is 1. The van der Waals surface area contributed by atoms with Crippen LogP contribution in [0.1, 0.15) is 23.6 Å². The molecule has 1 saturated heterocycles. The van der Waals surface area contributed by atoms with E-state index in [2.05, 4.69) is 41.4 Å². The van der Waals surface area contributed by atoms with Gasteiger partial charge < -0.3 is 10.1 Å². The molecule has 100 valence electrons. The zero-order valence-electron chi connectivity index (χ0n) is 11.5. The van der Waals surface area contributed by atoms with Crippen LogP contribution < -0.4 is 5.32 Å². The fraction of sp³-hybridized carbons (Fsp3) is 0.600. The van der Waals surface area contributed by atoms with Gasteiger partial charge >= 0.3 is 0 Å². The van der Waals surface area contributed by atoms with Crippen LogP contribution in [0.15, 0.2) is 24.3 Å². The summed E-state index contributed by atoms with van der Waals surface area (Å²) < 4.78 is 5.50. The molecule has 1 aliphatic heterocycles. The van der Waals surface area contributed by atoms with Crippen LogP contribution in [-0.4, -0.2) is 44.8 Å². The topological polar surface area (TPSA) is 24.5 Å². The molecule has 1 aliphatic rings. The maximum atomic E-state index is 5.50. The molecule has 1 aromatic carbocycles. The number of nitrogens with one attached hydrogen (secondary N) is 1. The average molecular weight is 248 g/mol. The molecule has 0 bridgehead atoms. The van der Waals surface area contributed by atoms with Gasteiger partial charge in [-0.25, -0.2) is 0 Å². The summed E-state index contributed by atoms with van der Waals surface area (Å²) in [6, 6.07) is 9.18. The molecule has 0 radical (unpaired) electrons. The molecular weight excluding hydrogens is 224 g/mol. The highest BCUT2D eigenvalue weighted by molar-refractivity contribution is 5.25. The zero-order valence-corrected chi connectivity index (χ0v) is 11.5. The molecule has 1 N–H and O–H groups in total. The van der Waals surface area contributed by atoms with Crippen molar-refractivity contribution in [1.82, 2.24) is 10.2 Å². The first-order chi connectivity index (χ1) is 8.79. The van der Waals surface area contributed by atoms with Crippen molar-refractivity contribution in [3.63, 3.8) is 0 Å². The van der Waals surface area contributed by atoms with Gasteiger partial charge in [-0.05, 0) is 26.0 Å². The van der Waals surface area contributed by atoms with E-state index < -0.39 is 0 Å². The lowest BCUT2D eigenvalue weighted by atomic mass is 10.0. The van der Waals surface area contributed by atoms with Gasteiger partial charge in [-0.15, -0.1) is 0 Å². The third-order valence-electron chi connectivity index (χ3n) is 3.55. The van der Waals surface area contributed by atoms with Gasteiger partial charge in [-0.2, -0.15) is 0 Å². The van der Waals surface area contributed by atoms with Gasteiger partial charge in [0.15, 0.2) is 0 Å². The summed E-state index contributed by atoms with van der Waals surface area (Å²) in [6.07, 6.45) is 1.14. The van der Waals surface area contributed by atoms with E-state index in [-0.39, 0.29) is 0 Å². The van der Waals surface area contributed by atoms with E-state index in [1.807, 2.05) is 7.05 Å². The van der Waals surface area contributed by atoms with Gasteiger partial charge in [0.25, 0.3) is 0 Å². The Labute approximate surface area is 110 Å². The van der Waals surface area contributed by atoms with Crippen molar-refractivity contribution in [3.8, 4) is 0 Å². The van der Waals surface area contributed by atoms with Crippen molar-refractivity contribution in [1.29, 1.82) is 0 Å². The number of benzene rings is 1. The van der Waals surface area contributed by atoms with E-state index in [0.29, 0.717) is 6.04 Å². The van der Waals surface area contributed by atoms with Crippen molar-refractivity contribution in [3.05, 3.63) is 35.4 Å². The van der Waals surface area contributed by atoms with E-state index >= 15 is 0 Å². The number of ether oxygens (including phenoxy) is 1. The first kappa shape index (κ1) is 13.5. The maximum absolute atomic E-state index is 5.50. The standard InChI is InChI=1S/C15H24N2O/c1-13-5-3-6-14(11-13)15(16-2)12-17-7-4-9-18-10-8-17/h3,5-6,11,15-16H,4,7-10,12H2,1-2H3. The van der Waals surface area contributed by atoms with Crippen LogP contribution in [0.3, 0.4) is 0 Å². The Morgan fingerprint density at radius 1 is 1.33 bits per heavy atom. The molecule has 3 heteroatoms. The third kappa shape index (κ3) is 3.80. The number of hydrogen-bond acceptors (Lipinski definition) is 3. The van der Waals surface area contributed by atoms with Crippen molar-refractivity contribution in [2.75, 3.05) is 39.9 Å². The summed E-state index contributed by atoms with van der Waals surface area (Å²) in [4.78, 5) is 2.50. The van der Waals surface area contributed by atoms with E-state index in [4.69, 9.17) is 4.74 Å². The second-order valence-electron chi connectivity index (χ2n) is 5.02. The summed E-state index contributed by atoms with van der Waals surface area (Å²) >= 11 is 0. The number of hydrogen-bond donors (Lipinski definition) is 1. The summed E-state index contributed by atoms with van der Waals surface area (Å²) in [5, 5.41) is 3.43. The minimum Gasteiger partial charge on any atom is -0.380 e. The molecular formula is C15H24N2O. The highest BCUT2D eigenvalue weighted by atomic mass is 16.5. The summed E-state index contributed by atoms with van der Waals surface area (Å²) in [5.74, 6) is 0. The molecule has 1 heterocycles. The summed E-state index contributed by atoms with van der Waals surface area (Å²) in [7, 11) is 2.04. The summed E-state index contributed by atoms with van der Waals surface area (Å²) in [6.45, 7) is 7.17. The van der Waals surface area contributed by atoms with Crippen molar-refractivity contribution in [2.45, 2.75) is 19.4 Å². The van der Waals surface area contributed by atoms with Gasteiger partial charge in [-0.1, -0.05) is 29.8 Å². The minimum atomic E-state index is 0.406. The monoisotopic (exact) mass is 248 g/mol. The molecule has 18 heavy (non-hydrogen) atoms. The average Bonchev–Trinajstić information content (AvgIpc) is 2.64. The van der Waals surface area contributed by atoms with E-state index in [9.17, 15) is 0 Å². The lowest BCUT2D eigenvalue weighted by molar-refractivity contribution is 0.139. The molecule has 0 amide bonds. The smallest absolute Gasteiger partial charge is 0.0593 e. The van der Waals surface area contributed by atoms with Gasteiger partial charge in [0.2, 0.25) is 0 Å². The normalized spacial score (nSPS) is 19.4. The Bertz CT molecular complexity index is 359. The highest BCUT2D eigenvalue weighted by Crippen LogP contribution is 2.16. The predicted molar refractivity (Wildman–Crippen MR) is 74.9 cm³/mol. The van der Waals surface area contributed by atoms with Crippen LogP contribution in [0.2, 0.25) is 0 Å². The van der Waals surface area contributed by atoms with Gasteiger partial charge in [0, 0.05) is 32.3 Å². The van der Waals surface area contributed by atoms with E-state index in [1.54, 1.807) is 0 Å². The van der Waals surface area contributed by atoms with Crippen molar-refractivity contribution < 1.29 is 4.74 Å². The van der Waals surface area contributed by atoms with E-state index in [1.165, 1.54) is 11.1 Å². The Kier molecular flexibility index (Phi) is 5.17. The fourth-order valence-corrected chi connectivity index (χ4v) is 2.49. The molecule has 1 unspecified atom stereocenters. The van der Waals surface area contributed by atoms with Gasteiger partial charge in [-0.3, -0.25) is 4.90 Å². The molecule has 0 spiro atoms. The van der Waals surface area contributed by atoms with Crippen LogP contribution in [-0.2, 0) is 4.74 Å². The largest absolute Gasteiger partial charge is 0.380 e. The predicted octanol–water partition coefficient (Wildman–Crippen LogP) is 1.98. The van der Waals surface area contributed by atoms with Gasteiger partial charge in [0.1, 0.15) is 0 Å². The first-order valence-corrected chi connectivity index (χ1v) is 6.83. The van der Waals surface area contributed by atoms with Crippen molar-refractivity contribution in [2.24, 2.45) is 0 Å². The number of likely N-dealkylation sites (N-methyl/N-ethyl adjacent to an activating group) is 1. The highest BCUT2D eigenvalue weighted by Gasteiger charge is 2.16. The SMILES string of the molecule is CNC(CN1CCCOCC1)c1cccc(C)c1. The Morgan fingerprint density at radius 3 is 3.00 bits per heavy atom. The fourth-order valence-electron chi connectivity index (χ4n) is 2.49. The molecule has 2 rings (SSSR count). The molecule has 0 aromatic heterocycles. The quantitative estimate of drug-likeness (QED) is 0.882. The zero-order chi connectivity index (χ0) is 12.8. The molecule has 3 nitrogen and oxygen atoms in total. The van der Waals surface area contributed by atoms with E-state index in [0.717, 1.165) is 39.3 Å². The van der Waals surface area contributed by atoms with Crippen LogP contribution in [0.25, 0.3) is 0 Å². The van der Waals surface area contributed by atoms with Gasteiger partial charge in [0.05, 0.1) is 6.61 Å². The molecule has 0 saturated carbocycles. The Morgan fingerprint density at radius 2 is 2.22 bits per heavy atom. The number of nitrogens with zero attached hydrogens (tertiary/aromatic N) is 1. The molecule has 0 aliphatic carbocycles. The van der Waals surface area contributed by atoms with Crippen molar-refractivity contribution >= 4 is 0 Å². The lowest BCUT2D eigenvalue weighted by Crippen LogP contribution is -2.35. The molecule has 1 aromatic rings. The second-order valence-corrected chi connectivity index (χ2v) is 5.02. The Hall–Kier alpha value is -0.900. The van der Waals surface area contributed by atoms with Crippen LogP contribution in [0.5, 0.6) is 0 Å². The third-order valence-corrected chi connectivity index (χ3v) is 3.55.